The average Bonchev–Trinajstić information content (AvgIpc) is 2.38. The lowest BCUT2D eigenvalue weighted by Gasteiger charge is -2.23. The van der Waals surface area contributed by atoms with E-state index in [0.29, 0.717) is 5.92 Å². The van der Waals surface area contributed by atoms with E-state index in [1.807, 2.05) is 0 Å². The summed E-state index contributed by atoms with van der Waals surface area (Å²) in [6, 6.07) is 4.76. The van der Waals surface area contributed by atoms with Crippen LogP contribution in [0.2, 0.25) is 0 Å². The van der Waals surface area contributed by atoms with Crippen molar-refractivity contribution >= 4 is 0 Å². The van der Waals surface area contributed by atoms with E-state index in [4.69, 9.17) is 5.73 Å². The molecule has 0 aliphatic heterocycles. The summed E-state index contributed by atoms with van der Waals surface area (Å²) in [5.74, 6) is 0.509. The highest BCUT2D eigenvalue weighted by Gasteiger charge is 2.37. The Morgan fingerprint density at radius 1 is 1.00 bits per heavy atom. The minimum Gasteiger partial charge on any atom is -0.316 e. The molecule has 1 aromatic rings. The Balaban J connectivity index is 2.09. The van der Waals surface area contributed by atoms with E-state index < -0.39 is 12.2 Å². The summed E-state index contributed by atoms with van der Waals surface area (Å²) >= 11 is 0. The highest BCUT2D eigenvalue weighted by molar-refractivity contribution is 5.28. The lowest BCUT2D eigenvalue weighted by Crippen LogP contribution is -2.28. The molecule has 2 rings (SSSR count). The van der Waals surface area contributed by atoms with Crippen molar-refractivity contribution in [3.63, 3.8) is 0 Å². The van der Waals surface area contributed by atoms with E-state index in [9.17, 15) is 13.2 Å². The van der Waals surface area contributed by atoms with Crippen LogP contribution in [0.4, 0.5) is 13.2 Å². The SMILES string of the molecule is NC(c1ccc(C2CCCCC2)cc1)C(F)(F)F. The molecule has 4 heteroatoms. The fourth-order valence-corrected chi connectivity index (χ4v) is 2.60. The lowest BCUT2D eigenvalue weighted by molar-refractivity contribution is -0.149. The van der Waals surface area contributed by atoms with Crippen LogP contribution in [0.5, 0.6) is 0 Å². The van der Waals surface area contributed by atoms with Gasteiger partial charge in [-0.2, -0.15) is 13.2 Å². The number of hydrogen-bond donors (Lipinski definition) is 1. The highest BCUT2D eigenvalue weighted by Crippen LogP contribution is 2.34. The van der Waals surface area contributed by atoms with Gasteiger partial charge in [0, 0.05) is 0 Å². The third-order valence-electron chi connectivity index (χ3n) is 3.72. The van der Waals surface area contributed by atoms with E-state index in [1.54, 1.807) is 12.1 Å². The van der Waals surface area contributed by atoms with Gasteiger partial charge >= 0.3 is 6.18 Å². The smallest absolute Gasteiger partial charge is 0.316 e. The summed E-state index contributed by atoms with van der Waals surface area (Å²) in [6.45, 7) is 0. The Morgan fingerprint density at radius 2 is 1.56 bits per heavy atom. The van der Waals surface area contributed by atoms with Gasteiger partial charge in [-0.15, -0.1) is 0 Å². The molecule has 1 fully saturated rings. The highest BCUT2D eigenvalue weighted by atomic mass is 19.4. The quantitative estimate of drug-likeness (QED) is 0.840. The van der Waals surface area contributed by atoms with Gasteiger partial charge in [-0.05, 0) is 29.9 Å². The average molecular weight is 257 g/mol. The van der Waals surface area contributed by atoms with E-state index in [0.717, 1.165) is 18.4 Å². The van der Waals surface area contributed by atoms with E-state index in [2.05, 4.69) is 0 Å². The summed E-state index contributed by atoms with van der Waals surface area (Å²) in [5, 5.41) is 0. The number of alkyl halides is 3. The zero-order chi connectivity index (χ0) is 13.2. The normalized spacial score (nSPS) is 19.8. The Morgan fingerprint density at radius 3 is 2.06 bits per heavy atom. The van der Waals surface area contributed by atoms with Gasteiger partial charge < -0.3 is 5.73 Å². The predicted molar refractivity (Wildman–Crippen MR) is 65.3 cm³/mol. The molecular formula is C14H18F3N. The summed E-state index contributed by atoms with van der Waals surface area (Å²) in [7, 11) is 0. The number of rotatable bonds is 2. The fraction of sp³-hybridized carbons (Fsp3) is 0.571. The molecule has 0 heterocycles. The van der Waals surface area contributed by atoms with E-state index in [1.165, 1.54) is 31.4 Å². The van der Waals surface area contributed by atoms with Gasteiger partial charge in [0.05, 0.1) is 0 Å². The van der Waals surface area contributed by atoms with Crippen molar-refractivity contribution in [2.45, 2.75) is 50.2 Å². The number of halogens is 3. The maximum absolute atomic E-state index is 12.5. The molecule has 1 nitrogen and oxygen atoms in total. The molecule has 1 aliphatic rings. The molecule has 0 amide bonds. The van der Waals surface area contributed by atoms with Gasteiger partial charge in [0.15, 0.2) is 0 Å². The van der Waals surface area contributed by atoms with Crippen LogP contribution < -0.4 is 5.73 Å². The Labute approximate surface area is 105 Å². The van der Waals surface area contributed by atoms with Crippen LogP contribution in [-0.2, 0) is 0 Å². The van der Waals surface area contributed by atoms with Gasteiger partial charge in [0.1, 0.15) is 6.04 Å². The maximum atomic E-state index is 12.5. The molecule has 0 radical (unpaired) electrons. The monoisotopic (exact) mass is 257 g/mol. The summed E-state index contributed by atoms with van der Waals surface area (Å²) in [4.78, 5) is 0. The Kier molecular flexibility index (Phi) is 3.95. The van der Waals surface area contributed by atoms with Crippen molar-refractivity contribution in [3.05, 3.63) is 35.4 Å². The molecular weight excluding hydrogens is 239 g/mol. The van der Waals surface area contributed by atoms with Crippen LogP contribution in [0, 0.1) is 0 Å². The lowest BCUT2D eigenvalue weighted by atomic mass is 9.84. The number of hydrogen-bond acceptors (Lipinski definition) is 1. The molecule has 2 N–H and O–H groups in total. The van der Waals surface area contributed by atoms with Gasteiger partial charge in [0.2, 0.25) is 0 Å². The molecule has 0 saturated heterocycles. The summed E-state index contributed by atoms with van der Waals surface area (Å²) < 4.78 is 37.4. The molecule has 0 bridgehead atoms. The first kappa shape index (κ1) is 13.4. The van der Waals surface area contributed by atoms with Crippen LogP contribution in [0.1, 0.15) is 55.2 Å². The summed E-state index contributed by atoms with van der Waals surface area (Å²) in [5.41, 5.74) is 6.46. The minimum absolute atomic E-state index is 0.141. The van der Waals surface area contributed by atoms with Crippen LogP contribution in [0.15, 0.2) is 24.3 Å². The topological polar surface area (TPSA) is 26.0 Å². The van der Waals surface area contributed by atoms with Crippen molar-refractivity contribution < 1.29 is 13.2 Å². The second-order valence-corrected chi connectivity index (χ2v) is 5.02. The second kappa shape index (κ2) is 5.31. The molecule has 18 heavy (non-hydrogen) atoms. The first-order valence-corrected chi connectivity index (χ1v) is 6.40. The van der Waals surface area contributed by atoms with Crippen molar-refractivity contribution in [2.75, 3.05) is 0 Å². The maximum Gasteiger partial charge on any atom is 0.407 e. The second-order valence-electron chi connectivity index (χ2n) is 5.02. The minimum atomic E-state index is -4.37. The van der Waals surface area contributed by atoms with Gasteiger partial charge in [-0.3, -0.25) is 0 Å². The molecule has 1 atom stereocenters. The predicted octanol–water partition coefficient (Wildman–Crippen LogP) is 4.30. The zero-order valence-corrected chi connectivity index (χ0v) is 10.2. The molecule has 0 spiro atoms. The van der Waals surface area contributed by atoms with Crippen molar-refractivity contribution in [1.29, 1.82) is 0 Å². The molecule has 1 aliphatic carbocycles. The van der Waals surface area contributed by atoms with E-state index in [-0.39, 0.29) is 5.56 Å². The molecule has 1 saturated carbocycles. The van der Waals surface area contributed by atoms with Gasteiger partial charge in [0.25, 0.3) is 0 Å². The van der Waals surface area contributed by atoms with Crippen molar-refractivity contribution in [3.8, 4) is 0 Å². The fourth-order valence-electron chi connectivity index (χ4n) is 2.60. The molecule has 100 valence electrons. The summed E-state index contributed by atoms with van der Waals surface area (Å²) in [6.07, 6.45) is 1.62. The largest absolute Gasteiger partial charge is 0.407 e. The standard InChI is InChI=1S/C14H18F3N/c15-14(16,17)13(18)12-8-6-11(7-9-12)10-4-2-1-3-5-10/h6-10,13H,1-5,18H2. The van der Waals surface area contributed by atoms with Gasteiger partial charge in [-0.1, -0.05) is 43.5 Å². The number of nitrogens with two attached hydrogens (primary N) is 1. The zero-order valence-electron chi connectivity index (χ0n) is 10.2. The first-order chi connectivity index (χ1) is 8.48. The van der Waals surface area contributed by atoms with Crippen LogP contribution in [0.25, 0.3) is 0 Å². The molecule has 1 unspecified atom stereocenters. The Hall–Kier alpha value is -1.03. The van der Waals surface area contributed by atoms with Crippen molar-refractivity contribution in [2.24, 2.45) is 5.73 Å². The van der Waals surface area contributed by atoms with Gasteiger partial charge in [-0.25, -0.2) is 0 Å². The third-order valence-corrected chi connectivity index (χ3v) is 3.72. The van der Waals surface area contributed by atoms with Crippen molar-refractivity contribution in [1.82, 2.24) is 0 Å². The molecule has 0 aromatic heterocycles. The van der Waals surface area contributed by atoms with Crippen LogP contribution in [0.3, 0.4) is 0 Å². The third kappa shape index (κ3) is 3.05. The van der Waals surface area contributed by atoms with Crippen LogP contribution in [-0.4, -0.2) is 6.18 Å². The molecule has 1 aromatic carbocycles. The van der Waals surface area contributed by atoms with Crippen LogP contribution >= 0.6 is 0 Å². The number of benzene rings is 1. The first-order valence-electron chi connectivity index (χ1n) is 6.40. The van der Waals surface area contributed by atoms with E-state index >= 15 is 0 Å². The Bertz CT molecular complexity index is 377.